The van der Waals surface area contributed by atoms with E-state index in [2.05, 4.69) is 62.2 Å². The average Bonchev–Trinajstić information content (AvgIpc) is 3.20. The van der Waals surface area contributed by atoms with E-state index < -0.39 is 6.09 Å². The van der Waals surface area contributed by atoms with Crippen LogP contribution < -0.4 is 4.74 Å². The largest absolute Gasteiger partial charge is 0.493 e. The summed E-state index contributed by atoms with van der Waals surface area (Å²) in [5.41, 5.74) is 3.83. The molecule has 3 rings (SSSR count). The Morgan fingerprint density at radius 2 is 1.79 bits per heavy atom. The molecule has 1 N–H and O–H groups in total. The molecule has 2 aromatic rings. The van der Waals surface area contributed by atoms with E-state index in [1.807, 2.05) is 12.1 Å². The topological polar surface area (TPSA) is 53.0 Å². The number of benzene rings is 2. The maximum absolute atomic E-state index is 11.1. The number of nitrogens with zero attached hydrogens (tertiary/aromatic N) is 2. The highest BCUT2D eigenvalue weighted by Crippen LogP contribution is 2.19. The second-order valence-corrected chi connectivity index (χ2v) is 8.22. The van der Waals surface area contributed by atoms with Crippen molar-refractivity contribution in [2.75, 3.05) is 26.7 Å². The van der Waals surface area contributed by atoms with E-state index in [-0.39, 0.29) is 0 Å². The molecular weight excluding hydrogens is 364 g/mol. The minimum absolute atomic E-state index is 0.293. The van der Waals surface area contributed by atoms with Gasteiger partial charge in [-0.05, 0) is 48.2 Å². The number of hydrogen-bond donors (Lipinski definition) is 1. The minimum atomic E-state index is -0.816. The summed E-state index contributed by atoms with van der Waals surface area (Å²) in [7, 11) is 2.07. The highest BCUT2D eigenvalue weighted by molar-refractivity contribution is 5.65. The zero-order valence-electron chi connectivity index (χ0n) is 17.7. The van der Waals surface area contributed by atoms with Crippen LogP contribution in [0.15, 0.2) is 48.5 Å². The first-order chi connectivity index (χ1) is 13.9. The van der Waals surface area contributed by atoms with Crippen molar-refractivity contribution in [3.8, 4) is 5.75 Å². The lowest BCUT2D eigenvalue weighted by Gasteiger charge is -2.24. The number of likely N-dealkylation sites (tertiary alicyclic amines) is 1. The molecule has 0 spiro atoms. The van der Waals surface area contributed by atoms with Gasteiger partial charge in [-0.2, -0.15) is 0 Å². The smallest absolute Gasteiger partial charge is 0.407 e. The SMILES string of the molecule is CC(C)c1ccc(OCCc2ccc(CN(C)[C@H]3CCN(C(=O)O)C3)cc2)cc1. The zero-order valence-corrected chi connectivity index (χ0v) is 17.7. The molecule has 29 heavy (non-hydrogen) atoms. The van der Waals surface area contributed by atoms with Gasteiger partial charge in [0.05, 0.1) is 6.61 Å². The summed E-state index contributed by atoms with van der Waals surface area (Å²) in [6.45, 7) is 7.10. The van der Waals surface area contributed by atoms with Gasteiger partial charge in [-0.1, -0.05) is 50.2 Å². The third-order valence-corrected chi connectivity index (χ3v) is 5.72. The molecule has 0 bridgehead atoms. The molecule has 1 atom stereocenters. The number of ether oxygens (including phenoxy) is 1. The summed E-state index contributed by atoms with van der Waals surface area (Å²) in [5.74, 6) is 1.45. The van der Waals surface area contributed by atoms with Gasteiger partial charge in [0.2, 0.25) is 0 Å². The molecule has 0 saturated carbocycles. The van der Waals surface area contributed by atoms with Crippen molar-refractivity contribution in [3.63, 3.8) is 0 Å². The van der Waals surface area contributed by atoms with Crippen LogP contribution in [-0.4, -0.2) is 53.8 Å². The highest BCUT2D eigenvalue weighted by atomic mass is 16.5. The third kappa shape index (κ3) is 5.97. The summed E-state index contributed by atoms with van der Waals surface area (Å²) < 4.78 is 5.88. The molecule has 1 saturated heterocycles. The van der Waals surface area contributed by atoms with Crippen molar-refractivity contribution in [1.29, 1.82) is 0 Å². The van der Waals surface area contributed by atoms with E-state index in [4.69, 9.17) is 9.84 Å². The maximum Gasteiger partial charge on any atom is 0.407 e. The van der Waals surface area contributed by atoms with Gasteiger partial charge in [0.1, 0.15) is 5.75 Å². The Bertz CT molecular complexity index is 787. The summed E-state index contributed by atoms with van der Waals surface area (Å²) in [6.07, 6.45) is 0.956. The van der Waals surface area contributed by atoms with Crippen LogP contribution in [0.1, 0.15) is 42.9 Å². The Hall–Kier alpha value is -2.53. The highest BCUT2D eigenvalue weighted by Gasteiger charge is 2.28. The van der Waals surface area contributed by atoms with Crippen LogP contribution in [0.2, 0.25) is 0 Å². The number of likely N-dealkylation sites (N-methyl/N-ethyl adjacent to an activating group) is 1. The molecule has 5 heteroatoms. The molecular formula is C24H32N2O3. The fraction of sp³-hybridized carbons (Fsp3) is 0.458. The number of rotatable bonds is 8. The van der Waals surface area contributed by atoms with Crippen molar-refractivity contribution in [3.05, 3.63) is 65.2 Å². The summed E-state index contributed by atoms with van der Waals surface area (Å²) in [4.78, 5) is 14.8. The van der Waals surface area contributed by atoms with Gasteiger partial charge < -0.3 is 14.7 Å². The Morgan fingerprint density at radius 1 is 1.14 bits per heavy atom. The molecule has 1 fully saturated rings. The standard InChI is InChI=1S/C24H32N2O3/c1-18(2)21-8-10-23(11-9-21)29-15-13-19-4-6-20(7-5-19)16-25(3)22-12-14-26(17-22)24(27)28/h4-11,18,22H,12-17H2,1-3H3,(H,27,28)/t22-/m0/s1. The van der Waals surface area contributed by atoms with Crippen molar-refractivity contribution in [1.82, 2.24) is 9.80 Å². The minimum Gasteiger partial charge on any atom is -0.493 e. The van der Waals surface area contributed by atoms with Crippen molar-refractivity contribution >= 4 is 6.09 Å². The fourth-order valence-electron chi connectivity index (χ4n) is 3.74. The first kappa shape index (κ1) is 21.2. The summed E-state index contributed by atoms with van der Waals surface area (Å²) in [5, 5.41) is 9.11. The monoisotopic (exact) mass is 396 g/mol. The molecule has 156 valence electrons. The lowest BCUT2D eigenvalue weighted by molar-refractivity contribution is 0.149. The molecule has 2 aromatic carbocycles. The van der Waals surface area contributed by atoms with E-state index in [0.29, 0.717) is 31.7 Å². The van der Waals surface area contributed by atoms with E-state index >= 15 is 0 Å². The van der Waals surface area contributed by atoms with Gasteiger partial charge in [-0.3, -0.25) is 4.90 Å². The van der Waals surface area contributed by atoms with E-state index in [1.165, 1.54) is 21.6 Å². The molecule has 1 aliphatic heterocycles. The number of hydrogen-bond acceptors (Lipinski definition) is 3. The Kier molecular flexibility index (Phi) is 7.15. The van der Waals surface area contributed by atoms with Crippen molar-refractivity contribution in [2.24, 2.45) is 0 Å². The third-order valence-electron chi connectivity index (χ3n) is 5.72. The molecule has 0 aliphatic carbocycles. The fourth-order valence-corrected chi connectivity index (χ4v) is 3.74. The lowest BCUT2D eigenvalue weighted by atomic mass is 10.0. The predicted octanol–water partition coefficient (Wildman–Crippen LogP) is 4.62. The second-order valence-electron chi connectivity index (χ2n) is 8.22. The van der Waals surface area contributed by atoms with Gasteiger partial charge >= 0.3 is 6.09 Å². The van der Waals surface area contributed by atoms with Crippen LogP contribution in [0.4, 0.5) is 4.79 Å². The van der Waals surface area contributed by atoms with Crippen molar-refractivity contribution in [2.45, 2.75) is 45.2 Å². The Morgan fingerprint density at radius 3 is 2.38 bits per heavy atom. The summed E-state index contributed by atoms with van der Waals surface area (Å²) >= 11 is 0. The molecule has 0 aromatic heterocycles. The van der Waals surface area contributed by atoms with Gasteiger partial charge in [0, 0.05) is 32.1 Å². The van der Waals surface area contributed by atoms with Crippen LogP contribution >= 0.6 is 0 Å². The molecule has 0 unspecified atom stereocenters. The van der Waals surface area contributed by atoms with E-state index in [0.717, 1.165) is 25.1 Å². The second kappa shape index (κ2) is 9.79. The van der Waals surface area contributed by atoms with Gasteiger partial charge in [-0.25, -0.2) is 4.79 Å². The molecule has 1 heterocycles. The summed E-state index contributed by atoms with van der Waals surface area (Å²) in [6, 6.07) is 17.3. The van der Waals surface area contributed by atoms with Gasteiger partial charge in [-0.15, -0.1) is 0 Å². The van der Waals surface area contributed by atoms with Crippen LogP contribution in [0.5, 0.6) is 5.75 Å². The maximum atomic E-state index is 11.1. The molecule has 1 aliphatic rings. The predicted molar refractivity (Wildman–Crippen MR) is 116 cm³/mol. The number of carbonyl (C=O) groups is 1. The number of carboxylic acid groups (broad SMARTS) is 1. The van der Waals surface area contributed by atoms with Crippen LogP contribution in [-0.2, 0) is 13.0 Å². The quantitative estimate of drug-likeness (QED) is 0.708. The van der Waals surface area contributed by atoms with Gasteiger partial charge in [0.25, 0.3) is 0 Å². The molecule has 1 amide bonds. The Balaban J connectivity index is 1.43. The normalized spacial score (nSPS) is 16.6. The van der Waals surface area contributed by atoms with E-state index in [9.17, 15) is 4.79 Å². The number of amides is 1. The van der Waals surface area contributed by atoms with Crippen LogP contribution in [0.3, 0.4) is 0 Å². The first-order valence-corrected chi connectivity index (χ1v) is 10.4. The Labute approximate surface area is 173 Å². The van der Waals surface area contributed by atoms with Crippen molar-refractivity contribution < 1.29 is 14.6 Å². The average molecular weight is 397 g/mol. The first-order valence-electron chi connectivity index (χ1n) is 10.4. The van der Waals surface area contributed by atoms with E-state index in [1.54, 1.807) is 0 Å². The lowest BCUT2D eigenvalue weighted by Crippen LogP contribution is -2.35. The van der Waals surface area contributed by atoms with Crippen LogP contribution in [0.25, 0.3) is 0 Å². The molecule has 5 nitrogen and oxygen atoms in total. The molecule has 0 radical (unpaired) electrons. The zero-order chi connectivity index (χ0) is 20.8. The van der Waals surface area contributed by atoms with Gasteiger partial charge in [0.15, 0.2) is 0 Å². The van der Waals surface area contributed by atoms with Crippen LogP contribution in [0, 0.1) is 0 Å².